The molecule has 0 atom stereocenters. The highest BCUT2D eigenvalue weighted by Gasteiger charge is 2.13. The molecule has 1 aromatic heterocycles. The summed E-state index contributed by atoms with van der Waals surface area (Å²) in [5, 5.41) is 5.50. The standard InChI is InChI=1S/C19H25N5O2/c1-5-6-11-24(4)18-12-17(20-13(2)21-18)19(26)23-16-9-7-15(8-10-16)22-14(3)25/h7-10,12H,5-6,11H2,1-4H3,(H,22,25)(H,23,26). The molecule has 26 heavy (non-hydrogen) atoms. The Morgan fingerprint density at radius 2 is 1.69 bits per heavy atom. The molecule has 2 aromatic rings. The van der Waals surface area contributed by atoms with Gasteiger partial charge in [-0.15, -0.1) is 0 Å². The van der Waals surface area contributed by atoms with Gasteiger partial charge in [0.15, 0.2) is 0 Å². The average Bonchev–Trinajstić information content (AvgIpc) is 2.60. The van der Waals surface area contributed by atoms with Crippen molar-refractivity contribution in [3.8, 4) is 0 Å². The van der Waals surface area contributed by atoms with E-state index in [2.05, 4.69) is 27.5 Å². The van der Waals surface area contributed by atoms with Gasteiger partial charge in [0.05, 0.1) is 0 Å². The van der Waals surface area contributed by atoms with Crippen LogP contribution in [0.25, 0.3) is 0 Å². The molecule has 0 saturated carbocycles. The van der Waals surface area contributed by atoms with Crippen LogP contribution in [0.15, 0.2) is 30.3 Å². The number of carbonyl (C=O) groups excluding carboxylic acids is 2. The Morgan fingerprint density at radius 1 is 1.08 bits per heavy atom. The first-order valence-corrected chi connectivity index (χ1v) is 8.65. The van der Waals surface area contributed by atoms with Crippen molar-refractivity contribution in [2.24, 2.45) is 0 Å². The Bertz CT molecular complexity index is 774. The predicted molar refractivity (Wildman–Crippen MR) is 104 cm³/mol. The molecule has 7 nitrogen and oxygen atoms in total. The van der Waals surface area contributed by atoms with E-state index in [1.165, 1.54) is 6.92 Å². The van der Waals surface area contributed by atoms with Crippen molar-refractivity contribution in [3.05, 3.63) is 41.9 Å². The predicted octanol–water partition coefficient (Wildman–Crippen LogP) is 3.23. The van der Waals surface area contributed by atoms with Gasteiger partial charge in [0.2, 0.25) is 5.91 Å². The first kappa shape index (κ1) is 19.4. The van der Waals surface area contributed by atoms with Crippen LogP contribution < -0.4 is 15.5 Å². The summed E-state index contributed by atoms with van der Waals surface area (Å²) in [4.78, 5) is 34.3. The summed E-state index contributed by atoms with van der Waals surface area (Å²) < 4.78 is 0. The molecule has 0 aliphatic rings. The quantitative estimate of drug-likeness (QED) is 0.796. The molecular weight excluding hydrogens is 330 g/mol. The Balaban J connectivity index is 2.11. The van der Waals surface area contributed by atoms with E-state index in [1.807, 2.05) is 11.9 Å². The maximum absolute atomic E-state index is 12.5. The first-order valence-electron chi connectivity index (χ1n) is 8.65. The van der Waals surface area contributed by atoms with E-state index in [0.29, 0.717) is 22.9 Å². The van der Waals surface area contributed by atoms with Crippen molar-refractivity contribution >= 4 is 29.0 Å². The smallest absolute Gasteiger partial charge is 0.274 e. The second-order valence-corrected chi connectivity index (χ2v) is 6.15. The molecule has 0 radical (unpaired) electrons. The van der Waals surface area contributed by atoms with Crippen molar-refractivity contribution in [1.29, 1.82) is 0 Å². The fraction of sp³-hybridized carbons (Fsp3) is 0.368. The molecule has 0 spiro atoms. The summed E-state index contributed by atoms with van der Waals surface area (Å²) in [6.45, 7) is 6.23. The molecule has 2 N–H and O–H groups in total. The summed E-state index contributed by atoms with van der Waals surface area (Å²) in [7, 11) is 1.96. The van der Waals surface area contributed by atoms with Gasteiger partial charge >= 0.3 is 0 Å². The van der Waals surface area contributed by atoms with Crippen LogP contribution in [0.2, 0.25) is 0 Å². The first-order chi connectivity index (χ1) is 12.4. The molecule has 0 bridgehead atoms. The van der Waals surface area contributed by atoms with Crippen molar-refractivity contribution in [2.45, 2.75) is 33.6 Å². The molecule has 2 amide bonds. The second-order valence-electron chi connectivity index (χ2n) is 6.15. The lowest BCUT2D eigenvalue weighted by Crippen LogP contribution is -2.22. The largest absolute Gasteiger partial charge is 0.360 e. The molecular formula is C19H25N5O2. The fourth-order valence-corrected chi connectivity index (χ4v) is 2.41. The van der Waals surface area contributed by atoms with Crippen LogP contribution in [0, 0.1) is 6.92 Å². The van der Waals surface area contributed by atoms with E-state index in [4.69, 9.17) is 0 Å². The number of unbranched alkanes of at least 4 members (excludes halogenated alkanes) is 1. The van der Waals surface area contributed by atoms with Crippen LogP contribution in [0.4, 0.5) is 17.2 Å². The monoisotopic (exact) mass is 355 g/mol. The Labute approximate surface area is 153 Å². The van der Waals surface area contributed by atoms with Gasteiger partial charge in [0.1, 0.15) is 17.3 Å². The van der Waals surface area contributed by atoms with Gasteiger partial charge < -0.3 is 15.5 Å². The number of nitrogens with zero attached hydrogens (tertiary/aromatic N) is 3. The van der Waals surface area contributed by atoms with E-state index in [1.54, 1.807) is 37.3 Å². The number of rotatable bonds is 7. The molecule has 0 aliphatic heterocycles. The molecule has 1 aromatic carbocycles. The van der Waals surface area contributed by atoms with E-state index in [9.17, 15) is 9.59 Å². The summed E-state index contributed by atoms with van der Waals surface area (Å²) in [6.07, 6.45) is 2.15. The van der Waals surface area contributed by atoms with Gasteiger partial charge in [0.25, 0.3) is 5.91 Å². The zero-order valence-electron chi connectivity index (χ0n) is 15.7. The van der Waals surface area contributed by atoms with Crippen LogP contribution in [0.5, 0.6) is 0 Å². The number of anilines is 3. The summed E-state index contributed by atoms with van der Waals surface area (Å²) in [5.41, 5.74) is 1.62. The van der Waals surface area contributed by atoms with Gasteiger partial charge in [0, 0.05) is 38.0 Å². The highest BCUT2D eigenvalue weighted by Crippen LogP contribution is 2.16. The maximum Gasteiger partial charge on any atom is 0.274 e. The zero-order chi connectivity index (χ0) is 19.1. The molecule has 1 heterocycles. The lowest BCUT2D eigenvalue weighted by molar-refractivity contribution is -0.114. The minimum atomic E-state index is -0.298. The SMILES string of the molecule is CCCCN(C)c1cc(C(=O)Nc2ccc(NC(C)=O)cc2)nc(C)n1. The lowest BCUT2D eigenvalue weighted by Gasteiger charge is -2.18. The third-order valence-corrected chi connectivity index (χ3v) is 3.76. The van der Waals surface area contributed by atoms with Gasteiger partial charge in [-0.25, -0.2) is 9.97 Å². The lowest BCUT2D eigenvalue weighted by atomic mass is 10.2. The van der Waals surface area contributed by atoms with Crippen molar-refractivity contribution < 1.29 is 9.59 Å². The second kappa shape index (κ2) is 8.94. The molecule has 2 rings (SSSR count). The average molecular weight is 355 g/mol. The van der Waals surface area contributed by atoms with Crippen molar-refractivity contribution in [2.75, 3.05) is 29.1 Å². The third kappa shape index (κ3) is 5.54. The Kier molecular flexibility index (Phi) is 6.66. The Morgan fingerprint density at radius 3 is 2.27 bits per heavy atom. The van der Waals surface area contributed by atoms with Gasteiger partial charge in [-0.1, -0.05) is 13.3 Å². The third-order valence-electron chi connectivity index (χ3n) is 3.76. The summed E-state index contributed by atoms with van der Waals surface area (Å²) in [6, 6.07) is 8.61. The molecule has 0 saturated heterocycles. The summed E-state index contributed by atoms with van der Waals surface area (Å²) >= 11 is 0. The van der Waals surface area contributed by atoms with Crippen LogP contribution in [-0.2, 0) is 4.79 Å². The van der Waals surface area contributed by atoms with Crippen LogP contribution in [-0.4, -0.2) is 35.4 Å². The number of carbonyl (C=O) groups is 2. The summed E-state index contributed by atoms with van der Waals surface area (Å²) in [5.74, 6) is 0.847. The van der Waals surface area contributed by atoms with E-state index in [0.717, 1.165) is 25.2 Å². The van der Waals surface area contributed by atoms with Crippen molar-refractivity contribution in [1.82, 2.24) is 9.97 Å². The van der Waals surface area contributed by atoms with Gasteiger partial charge in [-0.2, -0.15) is 0 Å². The van der Waals surface area contributed by atoms with E-state index < -0.39 is 0 Å². The molecule has 7 heteroatoms. The minimum Gasteiger partial charge on any atom is -0.360 e. The molecule has 138 valence electrons. The van der Waals surface area contributed by atoms with Gasteiger partial charge in [-0.3, -0.25) is 9.59 Å². The number of hydrogen-bond donors (Lipinski definition) is 2. The van der Waals surface area contributed by atoms with E-state index >= 15 is 0 Å². The minimum absolute atomic E-state index is 0.141. The highest BCUT2D eigenvalue weighted by molar-refractivity contribution is 6.03. The Hall–Kier alpha value is -2.96. The van der Waals surface area contributed by atoms with Gasteiger partial charge in [-0.05, 0) is 37.6 Å². The normalized spacial score (nSPS) is 10.3. The number of amides is 2. The number of benzene rings is 1. The highest BCUT2D eigenvalue weighted by atomic mass is 16.2. The maximum atomic E-state index is 12.5. The number of aryl methyl sites for hydroxylation is 1. The van der Waals surface area contributed by atoms with Crippen LogP contribution >= 0.6 is 0 Å². The number of nitrogens with one attached hydrogen (secondary N) is 2. The fourth-order valence-electron chi connectivity index (χ4n) is 2.41. The van der Waals surface area contributed by atoms with Crippen LogP contribution in [0.1, 0.15) is 43.0 Å². The molecule has 0 fully saturated rings. The van der Waals surface area contributed by atoms with Crippen molar-refractivity contribution in [3.63, 3.8) is 0 Å². The number of hydrogen-bond acceptors (Lipinski definition) is 5. The zero-order valence-corrected chi connectivity index (χ0v) is 15.7. The van der Waals surface area contributed by atoms with Crippen LogP contribution in [0.3, 0.4) is 0 Å². The molecule has 0 aliphatic carbocycles. The number of aromatic nitrogens is 2. The topological polar surface area (TPSA) is 87.2 Å². The molecule has 0 unspecified atom stereocenters. The van der Waals surface area contributed by atoms with E-state index in [-0.39, 0.29) is 11.8 Å².